The second-order valence-electron chi connectivity index (χ2n) is 4.09. The molecule has 0 saturated carbocycles. The van der Waals surface area contributed by atoms with Gasteiger partial charge >= 0.3 is 0 Å². The van der Waals surface area contributed by atoms with Gasteiger partial charge in [0.1, 0.15) is 17.7 Å². The van der Waals surface area contributed by atoms with Gasteiger partial charge in [-0.2, -0.15) is 5.26 Å². The molecule has 2 aromatic rings. The van der Waals surface area contributed by atoms with Crippen molar-refractivity contribution in [1.82, 2.24) is 0 Å². The van der Waals surface area contributed by atoms with E-state index in [1.165, 1.54) is 11.8 Å². The Morgan fingerprint density at radius 1 is 1.19 bits per heavy atom. The Hall–Kier alpha value is -1.71. The third-order valence-corrected chi connectivity index (χ3v) is 4.73. The molecule has 0 aromatic heterocycles. The van der Waals surface area contributed by atoms with Crippen LogP contribution in [0.25, 0.3) is 0 Å². The van der Waals surface area contributed by atoms with Crippen molar-refractivity contribution in [2.75, 3.05) is 11.5 Å². The molecule has 21 heavy (non-hydrogen) atoms. The third kappa shape index (κ3) is 3.49. The maximum Gasteiger partial charge on any atom is 0.142 e. The summed E-state index contributed by atoms with van der Waals surface area (Å²) in [5, 5.41) is 9.30. The third-order valence-electron chi connectivity index (χ3n) is 2.63. The van der Waals surface area contributed by atoms with Crippen LogP contribution in [0.5, 0.6) is 0 Å². The van der Waals surface area contributed by atoms with Crippen LogP contribution >= 0.6 is 23.5 Å². The molecular formula is C15H12F2N2S2. The topological polar surface area (TPSA) is 49.8 Å². The van der Waals surface area contributed by atoms with Crippen molar-refractivity contribution in [3.05, 3.63) is 47.5 Å². The Kier molecular flexibility index (Phi) is 5.10. The van der Waals surface area contributed by atoms with E-state index >= 15 is 0 Å². The lowest BCUT2D eigenvalue weighted by Crippen LogP contribution is -1.94. The van der Waals surface area contributed by atoms with E-state index < -0.39 is 11.6 Å². The van der Waals surface area contributed by atoms with Gasteiger partial charge in [0.15, 0.2) is 0 Å². The molecule has 0 aliphatic rings. The minimum atomic E-state index is -0.727. The standard InChI is InChI=1S/C15H12F2N2S2/c1-2-20-13-4-3-5-14(10(13)8-18)21-15-11(16)6-9(19)7-12(15)17/h3-7H,2,19H2,1H3. The minimum Gasteiger partial charge on any atom is -0.399 e. The lowest BCUT2D eigenvalue weighted by Gasteiger charge is -2.10. The van der Waals surface area contributed by atoms with E-state index in [-0.39, 0.29) is 10.6 Å². The van der Waals surface area contributed by atoms with Crippen molar-refractivity contribution in [1.29, 1.82) is 5.26 Å². The number of halogens is 2. The number of thioether (sulfide) groups is 1. The van der Waals surface area contributed by atoms with Gasteiger partial charge in [-0.3, -0.25) is 0 Å². The normalized spacial score (nSPS) is 10.4. The summed E-state index contributed by atoms with van der Waals surface area (Å²) in [6.07, 6.45) is 0. The molecule has 0 unspecified atom stereocenters. The molecule has 0 saturated heterocycles. The molecule has 0 radical (unpaired) electrons. The maximum atomic E-state index is 13.9. The van der Waals surface area contributed by atoms with E-state index in [0.29, 0.717) is 10.5 Å². The smallest absolute Gasteiger partial charge is 0.142 e. The Morgan fingerprint density at radius 3 is 2.38 bits per heavy atom. The van der Waals surface area contributed by atoms with E-state index in [0.717, 1.165) is 34.5 Å². The zero-order valence-electron chi connectivity index (χ0n) is 11.2. The van der Waals surface area contributed by atoms with Crippen LogP contribution < -0.4 is 5.73 Å². The van der Waals surface area contributed by atoms with Gasteiger partial charge in [-0.25, -0.2) is 8.78 Å². The van der Waals surface area contributed by atoms with E-state index in [2.05, 4.69) is 6.07 Å². The van der Waals surface area contributed by atoms with E-state index in [1.54, 1.807) is 12.1 Å². The van der Waals surface area contributed by atoms with E-state index in [1.807, 2.05) is 13.0 Å². The first-order valence-electron chi connectivity index (χ1n) is 6.15. The molecular weight excluding hydrogens is 310 g/mol. The predicted molar refractivity (Wildman–Crippen MR) is 82.4 cm³/mol. The van der Waals surface area contributed by atoms with E-state index in [9.17, 15) is 14.0 Å². The molecule has 0 heterocycles. The minimum absolute atomic E-state index is 0.0325. The Bertz CT molecular complexity index is 688. The fourth-order valence-corrected chi connectivity index (χ4v) is 3.56. The molecule has 0 spiro atoms. The summed E-state index contributed by atoms with van der Waals surface area (Å²) in [4.78, 5) is 1.18. The Morgan fingerprint density at radius 2 is 1.81 bits per heavy atom. The quantitative estimate of drug-likeness (QED) is 0.656. The van der Waals surface area contributed by atoms with Gasteiger partial charge in [-0.15, -0.1) is 11.8 Å². The second kappa shape index (κ2) is 6.83. The summed E-state index contributed by atoms with van der Waals surface area (Å²) in [7, 11) is 0. The fourth-order valence-electron chi connectivity index (χ4n) is 1.77. The first-order valence-corrected chi connectivity index (χ1v) is 7.95. The van der Waals surface area contributed by atoms with Gasteiger partial charge in [-0.1, -0.05) is 24.8 Å². The maximum absolute atomic E-state index is 13.9. The fraction of sp³-hybridized carbons (Fsp3) is 0.133. The highest BCUT2D eigenvalue weighted by Crippen LogP contribution is 2.37. The largest absolute Gasteiger partial charge is 0.399 e. The van der Waals surface area contributed by atoms with Crippen LogP contribution in [0.2, 0.25) is 0 Å². The van der Waals surface area contributed by atoms with Crippen LogP contribution in [-0.2, 0) is 0 Å². The summed E-state index contributed by atoms with van der Waals surface area (Å²) >= 11 is 2.42. The van der Waals surface area contributed by atoms with Crippen molar-refractivity contribution in [3.63, 3.8) is 0 Å². The molecule has 6 heteroatoms. The van der Waals surface area contributed by atoms with Crippen LogP contribution in [0, 0.1) is 23.0 Å². The number of nitrogen functional groups attached to an aromatic ring is 1. The summed E-state index contributed by atoms with van der Waals surface area (Å²) < 4.78 is 27.7. The Balaban J connectivity index is 2.46. The first kappa shape index (κ1) is 15.7. The monoisotopic (exact) mass is 322 g/mol. The van der Waals surface area contributed by atoms with Crippen LogP contribution in [0.15, 0.2) is 45.0 Å². The highest BCUT2D eigenvalue weighted by Gasteiger charge is 2.16. The number of nitriles is 1. The van der Waals surface area contributed by atoms with E-state index in [4.69, 9.17) is 5.73 Å². The highest BCUT2D eigenvalue weighted by molar-refractivity contribution is 8.00. The number of anilines is 1. The van der Waals surface area contributed by atoms with Crippen LogP contribution in [-0.4, -0.2) is 5.75 Å². The predicted octanol–water partition coefficient (Wildman–Crippen LogP) is 4.68. The number of nitrogens with two attached hydrogens (primary N) is 1. The number of hydrogen-bond acceptors (Lipinski definition) is 4. The molecule has 0 aliphatic carbocycles. The number of rotatable bonds is 4. The average molecular weight is 322 g/mol. The van der Waals surface area contributed by atoms with Gasteiger partial charge in [0.25, 0.3) is 0 Å². The van der Waals surface area contributed by atoms with Crippen LogP contribution in [0.3, 0.4) is 0 Å². The van der Waals surface area contributed by atoms with Gasteiger partial charge < -0.3 is 5.73 Å². The lowest BCUT2D eigenvalue weighted by atomic mass is 10.2. The van der Waals surface area contributed by atoms with Crippen molar-refractivity contribution in [3.8, 4) is 6.07 Å². The van der Waals surface area contributed by atoms with Crippen LogP contribution in [0.1, 0.15) is 12.5 Å². The molecule has 0 aliphatic heterocycles. The zero-order chi connectivity index (χ0) is 15.4. The summed E-state index contributed by atoms with van der Waals surface area (Å²) in [6.45, 7) is 1.98. The zero-order valence-corrected chi connectivity index (χ0v) is 12.8. The van der Waals surface area contributed by atoms with Crippen LogP contribution in [0.4, 0.5) is 14.5 Å². The molecule has 2 nitrogen and oxygen atoms in total. The molecule has 108 valence electrons. The van der Waals surface area contributed by atoms with Gasteiger partial charge in [0, 0.05) is 15.5 Å². The number of hydrogen-bond donors (Lipinski definition) is 1. The van der Waals surface area contributed by atoms with Gasteiger partial charge in [-0.05, 0) is 30.0 Å². The van der Waals surface area contributed by atoms with Crippen molar-refractivity contribution >= 4 is 29.2 Å². The summed E-state index contributed by atoms with van der Waals surface area (Å²) in [6, 6.07) is 9.53. The summed E-state index contributed by atoms with van der Waals surface area (Å²) in [5.41, 5.74) is 5.86. The van der Waals surface area contributed by atoms with Crippen molar-refractivity contribution in [2.24, 2.45) is 0 Å². The molecule has 0 atom stereocenters. The molecule has 0 amide bonds. The first-order chi connectivity index (χ1) is 10.1. The highest BCUT2D eigenvalue weighted by atomic mass is 32.2. The van der Waals surface area contributed by atoms with Gasteiger partial charge in [0.05, 0.1) is 10.5 Å². The summed E-state index contributed by atoms with van der Waals surface area (Å²) in [5.74, 6) is -0.641. The van der Waals surface area contributed by atoms with Crippen molar-refractivity contribution in [2.45, 2.75) is 21.6 Å². The second-order valence-corrected chi connectivity index (χ2v) is 6.45. The molecule has 0 fully saturated rings. The molecule has 2 rings (SSSR count). The number of nitrogens with zero attached hydrogens (tertiary/aromatic N) is 1. The molecule has 0 bridgehead atoms. The number of benzene rings is 2. The molecule has 2 aromatic carbocycles. The Labute approximate surface area is 130 Å². The molecule has 2 N–H and O–H groups in total. The average Bonchev–Trinajstić information content (AvgIpc) is 2.43. The van der Waals surface area contributed by atoms with Crippen molar-refractivity contribution < 1.29 is 8.78 Å². The lowest BCUT2D eigenvalue weighted by molar-refractivity contribution is 0.542. The van der Waals surface area contributed by atoms with Gasteiger partial charge in [0.2, 0.25) is 0 Å². The SMILES string of the molecule is CCSc1cccc(Sc2c(F)cc(N)cc2F)c1C#N.